The Morgan fingerprint density at radius 2 is 1.82 bits per heavy atom. The van der Waals surface area contributed by atoms with Gasteiger partial charge in [-0.3, -0.25) is 24.0 Å². The van der Waals surface area contributed by atoms with Crippen molar-refractivity contribution in [3.63, 3.8) is 0 Å². The van der Waals surface area contributed by atoms with Crippen LogP contribution in [0.3, 0.4) is 0 Å². The largest absolute Gasteiger partial charge is 0.454 e. The number of rotatable bonds is 10. The van der Waals surface area contributed by atoms with Crippen LogP contribution in [0, 0.1) is 0 Å². The maximum absolute atomic E-state index is 13.6. The van der Waals surface area contributed by atoms with E-state index in [9.17, 15) is 24.0 Å². The number of carbonyl (C=O) groups is 5. The van der Waals surface area contributed by atoms with Crippen LogP contribution in [-0.2, 0) is 41.7 Å². The Morgan fingerprint density at radius 1 is 1.05 bits per heavy atom. The lowest BCUT2D eigenvalue weighted by Crippen LogP contribution is -2.57. The number of ether oxygens (including phenoxy) is 1. The summed E-state index contributed by atoms with van der Waals surface area (Å²) >= 11 is 0. The van der Waals surface area contributed by atoms with Gasteiger partial charge in [-0.1, -0.05) is 37.1 Å². The highest BCUT2D eigenvalue weighted by molar-refractivity contribution is 5.93. The number of esters is 1. The molecule has 10 nitrogen and oxygen atoms in total. The predicted octanol–water partition coefficient (Wildman–Crippen LogP) is 1.54. The Balaban J connectivity index is 1.34. The van der Waals surface area contributed by atoms with Crippen molar-refractivity contribution < 1.29 is 28.7 Å². The third-order valence-electron chi connectivity index (χ3n) is 8.14. The molecule has 0 unspecified atom stereocenters. The molecule has 0 radical (unpaired) electrons. The number of fused-ring (bicyclic) bond motifs is 1. The number of carbonyl (C=O) groups excluding carboxylic acids is 5. The summed E-state index contributed by atoms with van der Waals surface area (Å²) in [4.78, 5) is 64.7. The number of likely N-dealkylation sites (N-methyl/N-ethyl adjacent to an activating group) is 1. The molecule has 5 atom stereocenters. The standard InChI is InChI=1S/C29H40N4O6/c1-18(30-2)27(36)32-22-9-4-3-8-21-11-12-23(33(21)29(22)38)28(37)31-17-20-7-5-6-19(16-20)10-13-24(34)25-14-15-26(35)39-25/h5-7,16,18,21-23,25,30H,3-4,8-15,17H2,1-2H3,(H,31,37)(H,32,36)/t18-,21-,22-,23-,25-/m0/s1. The lowest BCUT2D eigenvalue weighted by Gasteiger charge is -2.35. The van der Waals surface area contributed by atoms with E-state index in [0.29, 0.717) is 45.1 Å². The average molecular weight is 541 g/mol. The SMILES string of the molecule is CN[C@@H](C)C(=O)N[C@H]1CCCC[C@H]2CC[C@@H](C(=O)NCc3cccc(CCC(=O)[C@@H]4CCC(=O)O4)c3)N2C1=O. The van der Waals surface area contributed by atoms with Crippen LogP contribution in [0.5, 0.6) is 0 Å². The van der Waals surface area contributed by atoms with Gasteiger partial charge in [0.25, 0.3) is 0 Å². The van der Waals surface area contributed by atoms with Gasteiger partial charge in [-0.2, -0.15) is 0 Å². The number of benzene rings is 1. The molecule has 0 saturated carbocycles. The van der Waals surface area contributed by atoms with Gasteiger partial charge in [0.05, 0.1) is 6.04 Å². The van der Waals surface area contributed by atoms with E-state index in [1.54, 1.807) is 18.9 Å². The topological polar surface area (TPSA) is 134 Å². The predicted molar refractivity (Wildman–Crippen MR) is 143 cm³/mol. The zero-order valence-electron chi connectivity index (χ0n) is 22.9. The molecule has 3 aliphatic rings. The number of aryl methyl sites for hydroxylation is 1. The summed E-state index contributed by atoms with van der Waals surface area (Å²) in [6.07, 6.45) is 5.56. The number of cyclic esters (lactones) is 1. The average Bonchev–Trinajstić information content (AvgIpc) is 3.56. The molecule has 1 aromatic rings. The van der Waals surface area contributed by atoms with Gasteiger partial charge in [0.15, 0.2) is 11.9 Å². The number of nitrogens with one attached hydrogen (secondary N) is 3. The minimum Gasteiger partial charge on any atom is -0.454 e. The third-order valence-corrected chi connectivity index (χ3v) is 8.14. The van der Waals surface area contributed by atoms with E-state index >= 15 is 0 Å². The van der Waals surface area contributed by atoms with Crippen molar-refractivity contribution in [1.29, 1.82) is 0 Å². The number of amides is 3. The van der Waals surface area contributed by atoms with Crippen LogP contribution in [0.4, 0.5) is 0 Å². The molecule has 0 aromatic heterocycles. The minimum atomic E-state index is -0.628. The fraction of sp³-hybridized carbons (Fsp3) is 0.621. The lowest BCUT2D eigenvalue weighted by molar-refractivity contribution is -0.147. The maximum atomic E-state index is 13.6. The molecule has 3 saturated heterocycles. The van der Waals surface area contributed by atoms with Crippen LogP contribution in [0.2, 0.25) is 0 Å². The second kappa shape index (κ2) is 13.2. The van der Waals surface area contributed by atoms with Crippen LogP contribution in [0.15, 0.2) is 24.3 Å². The summed E-state index contributed by atoms with van der Waals surface area (Å²) in [5, 5.41) is 8.79. The molecule has 0 spiro atoms. The Hall–Kier alpha value is -3.27. The number of nitrogens with zero attached hydrogens (tertiary/aromatic N) is 1. The summed E-state index contributed by atoms with van der Waals surface area (Å²) in [7, 11) is 1.70. The van der Waals surface area contributed by atoms with Gasteiger partial charge >= 0.3 is 5.97 Å². The number of ketones is 1. The zero-order chi connectivity index (χ0) is 27.9. The molecule has 3 heterocycles. The smallest absolute Gasteiger partial charge is 0.306 e. The normalized spacial score (nSPS) is 25.7. The van der Waals surface area contributed by atoms with Crippen molar-refractivity contribution in [2.24, 2.45) is 0 Å². The van der Waals surface area contributed by atoms with Gasteiger partial charge in [0, 0.05) is 31.8 Å². The third kappa shape index (κ3) is 7.23. The van der Waals surface area contributed by atoms with E-state index in [-0.39, 0.29) is 35.5 Å². The first-order valence-electron chi connectivity index (χ1n) is 14.1. The van der Waals surface area contributed by atoms with Gasteiger partial charge in [-0.05, 0) is 57.2 Å². The second-order valence-electron chi connectivity index (χ2n) is 10.9. The molecule has 1 aromatic carbocycles. The molecule has 4 rings (SSSR count). The Bertz CT molecular complexity index is 1090. The maximum Gasteiger partial charge on any atom is 0.306 e. The molecule has 212 valence electrons. The molecule has 10 heteroatoms. The monoisotopic (exact) mass is 540 g/mol. The fourth-order valence-corrected chi connectivity index (χ4v) is 5.73. The van der Waals surface area contributed by atoms with E-state index in [1.807, 2.05) is 24.3 Å². The summed E-state index contributed by atoms with van der Waals surface area (Å²) in [5.74, 6) is -0.972. The van der Waals surface area contributed by atoms with Gasteiger partial charge in [0.1, 0.15) is 12.1 Å². The second-order valence-corrected chi connectivity index (χ2v) is 10.9. The van der Waals surface area contributed by atoms with Crippen molar-refractivity contribution in [2.75, 3.05) is 7.05 Å². The highest BCUT2D eigenvalue weighted by Crippen LogP contribution is 2.31. The number of hydrogen-bond donors (Lipinski definition) is 3. The Morgan fingerprint density at radius 3 is 2.56 bits per heavy atom. The van der Waals surface area contributed by atoms with Crippen LogP contribution >= 0.6 is 0 Å². The molecule has 0 bridgehead atoms. The molecule has 0 aliphatic carbocycles. The van der Waals surface area contributed by atoms with Crippen molar-refractivity contribution >= 4 is 29.5 Å². The van der Waals surface area contributed by atoms with Crippen molar-refractivity contribution in [2.45, 2.75) is 108 Å². The van der Waals surface area contributed by atoms with Gasteiger partial charge < -0.3 is 25.6 Å². The summed E-state index contributed by atoms with van der Waals surface area (Å²) in [5.41, 5.74) is 1.87. The summed E-state index contributed by atoms with van der Waals surface area (Å²) < 4.78 is 5.06. The van der Waals surface area contributed by atoms with E-state index in [2.05, 4.69) is 16.0 Å². The lowest BCUT2D eigenvalue weighted by atomic mass is 9.98. The number of hydrogen-bond acceptors (Lipinski definition) is 7. The van der Waals surface area contributed by atoms with Crippen LogP contribution in [0.1, 0.15) is 75.8 Å². The van der Waals surface area contributed by atoms with Gasteiger partial charge in [-0.15, -0.1) is 0 Å². The first kappa shape index (κ1) is 28.7. The van der Waals surface area contributed by atoms with E-state index in [0.717, 1.165) is 36.8 Å². The van der Waals surface area contributed by atoms with Crippen molar-refractivity contribution in [3.8, 4) is 0 Å². The van der Waals surface area contributed by atoms with Crippen LogP contribution in [-0.4, -0.2) is 71.7 Å². The Kier molecular flexibility index (Phi) is 9.72. The molecule has 3 N–H and O–H groups in total. The number of Topliss-reactive ketones (excluding diaryl/α,β-unsaturated/α-hetero) is 1. The highest BCUT2D eigenvalue weighted by Gasteiger charge is 2.43. The van der Waals surface area contributed by atoms with Gasteiger partial charge in [-0.25, -0.2) is 0 Å². The molecule has 3 amide bonds. The molecule has 39 heavy (non-hydrogen) atoms. The molecular formula is C29H40N4O6. The first-order valence-corrected chi connectivity index (χ1v) is 14.1. The summed E-state index contributed by atoms with van der Waals surface area (Å²) in [6.45, 7) is 2.06. The molecular weight excluding hydrogens is 500 g/mol. The van der Waals surface area contributed by atoms with E-state index in [1.165, 1.54) is 0 Å². The fourth-order valence-electron chi connectivity index (χ4n) is 5.73. The first-order chi connectivity index (χ1) is 18.8. The molecule has 3 aliphatic heterocycles. The Labute approximate surface area is 229 Å². The van der Waals surface area contributed by atoms with Crippen molar-refractivity contribution in [1.82, 2.24) is 20.9 Å². The van der Waals surface area contributed by atoms with E-state index in [4.69, 9.17) is 4.74 Å². The quantitative estimate of drug-likeness (QED) is 0.383. The van der Waals surface area contributed by atoms with E-state index < -0.39 is 24.2 Å². The molecule has 3 fully saturated rings. The van der Waals surface area contributed by atoms with Crippen LogP contribution < -0.4 is 16.0 Å². The minimum absolute atomic E-state index is 0.00896. The van der Waals surface area contributed by atoms with Gasteiger partial charge in [0.2, 0.25) is 17.7 Å². The summed E-state index contributed by atoms with van der Waals surface area (Å²) in [6, 6.07) is 6.11. The van der Waals surface area contributed by atoms with Crippen molar-refractivity contribution in [3.05, 3.63) is 35.4 Å². The zero-order valence-corrected chi connectivity index (χ0v) is 22.9. The highest BCUT2D eigenvalue weighted by atomic mass is 16.6. The van der Waals surface area contributed by atoms with Crippen LogP contribution in [0.25, 0.3) is 0 Å².